The van der Waals surface area contributed by atoms with E-state index >= 15 is 0 Å². The maximum Gasteiger partial charge on any atom is 0.412 e. The number of amides is 3. The standard InChI is InChI=1S/C35H45BrN4O7/c1-6-21(2)30(33(43)44)39-32(42)28(18-23-20-37-27-11-8-7-10-25(23)27)38-31(41)26(22-12-14-24(36)15-13-22)19-29-40(16-9-17-46-29)34(45)47-35(3,4)5/h7-8,10-15,20-21,26,28-30,37H,6,9,16-19H2,1-5H3,(H,38,41)(H,39,42)(H,43,44)/t21-,26?,28-,29?,30-/m0/s1. The SMILES string of the molecule is CC[C@H](C)[C@H](NC(=O)[C@H](Cc1c[nH]c2ccccc12)NC(=O)C(CC1OCCCN1C(=O)OC(C)(C)C)c1ccc(Br)cc1)C(=O)O. The highest BCUT2D eigenvalue weighted by Gasteiger charge is 2.37. The molecule has 1 aliphatic rings. The van der Waals surface area contributed by atoms with E-state index in [2.05, 4.69) is 31.5 Å². The van der Waals surface area contributed by atoms with Crippen molar-refractivity contribution in [3.63, 3.8) is 0 Å². The lowest BCUT2D eigenvalue weighted by atomic mass is 9.92. The van der Waals surface area contributed by atoms with Gasteiger partial charge in [-0.1, -0.05) is 66.5 Å². The molecule has 12 heteroatoms. The number of nitrogens with one attached hydrogen (secondary N) is 3. The number of benzene rings is 2. The van der Waals surface area contributed by atoms with Crippen molar-refractivity contribution in [1.82, 2.24) is 20.5 Å². The van der Waals surface area contributed by atoms with Crippen LogP contribution in [0.15, 0.2) is 59.2 Å². The zero-order chi connectivity index (χ0) is 34.3. The topological polar surface area (TPSA) is 150 Å². The number of rotatable bonds is 12. The van der Waals surface area contributed by atoms with Crippen molar-refractivity contribution in [3.05, 3.63) is 70.3 Å². The molecule has 254 valence electrons. The van der Waals surface area contributed by atoms with Gasteiger partial charge >= 0.3 is 12.1 Å². The Morgan fingerprint density at radius 1 is 1.09 bits per heavy atom. The number of fused-ring (bicyclic) bond motifs is 1. The molecule has 2 aromatic carbocycles. The maximum absolute atomic E-state index is 14.3. The van der Waals surface area contributed by atoms with E-state index in [9.17, 15) is 24.3 Å². The van der Waals surface area contributed by atoms with Crippen LogP contribution in [0.2, 0.25) is 0 Å². The Morgan fingerprint density at radius 3 is 2.45 bits per heavy atom. The Balaban J connectivity index is 1.66. The summed E-state index contributed by atoms with van der Waals surface area (Å²) in [5.41, 5.74) is 1.62. The van der Waals surface area contributed by atoms with Gasteiger partial charge in [0.05, 0.1) is 12.5 Å². The molecule has 11 nitrogen and oxygen atoms in total. The summed E-state index contributed by atoms with van der Waals surface area (Å²) in [6, 6.07) is 12.7. The first-order valence-corrected chi connectivity index (χ1v) is 16.8. The minimum atomic E-state index is -1.14. The quantitative estimate of drug-likeness (QED) is 0.187. The summed E-state index contributed by atoms with van der Waals surface area (Å²) < 4.78 is 12.5. The smallest absolute Gasteiger partial charge is 0.412 e. The minimum absolute atomic E-state index is 0.110. The van der Waals surface area contributed by atoms with E-state index in [4.69, 9.17) is 9.47 Å². The van der Waals surface area contributed by atoms with Crippen LogP contribution in [0.4, 0.5) is 4.79 Å². The summed E-state index contributed by atoms with van der Waals surface area (Å²) in [5.74, 6) is -3.36. The normalized spacial score (nSPS) is 17.7. The molecule has 0 saturated carbocycles. The Labute approximate surface area is 283 Å². The predicted molar refractivity (Wildman–Crippen MR) is 182 cm³/mol. The molecule has 4 N–H and O–H groups in total. The molecule has 0 spiro atoms. The van der Waals surface area contributed by atoms with Gasteiger partial charge < -0.3 is 30.2 Å². The van der Waals surface area contributed by atoms with Gasteiger partial charge in [-0.15, -0.1) is 0 Å². The second kappa shape index (κ2) is 15.8. The average Bonchev–Trinajstić information content (AvgIpc) is 3.44. The van der Waals surface area contributed by atoms with Crippen LogP contribution in [0.1, 0.15) is 70.9 Å². The summed E-state index contributed by atoms with van der Waals surface area (Å²) in [4.78, 5) is 58.1. The van der Waals surface area contributed by atoms with Crippen molar-refractivity contribution in [2.75, 3.05) is 13.2 Å². The fourth-order valence-electron chi connectivity index (χ4n) is 5.64. The van der Waals surface area contributed by atoms with E-state index in [1.165, 1.54) is 4.90 Å². The third-order valence-corrected chi connectivity index (χ3v) is 8.89. The van der Waals surface area contributed by atoms with Gasteiger partial charge in [0, 0.05) is 41.0 Å². The maximum atomic E-state index is 14.3. The number of carboxylic acid groups (broad SMARTS) is 1. The van der Waals surface area contributed by atoms with Crippen molar-refractivity contribution in [1.29, 1.82) is 0 Å². The molecular formula is C35H45BrN4O7. The number of carbonyl (C=O) groups is 4. The molecule has 0 aliphatic carbocycles. The number of aromatic amines is 1. The molecule has 5 atom stereocenters. The summed E-state index contributed by atoms with van der Waals surface area (Å²) in [6.45, 7) is 9.81. The first kappa shape index (κ1) is 35.9. The Hall–Kier alpha value is -3.90. The number of aliphatic carboxylic acids is 1. The number of halogens is 1. The summed E-state index contributed by atoms with van der Waals surface area (Å²) in [7, 11) is 0. The molecule has 1 aromatic heterocycles. The second-order valence-electron chi connectivity index (χ2n) is 13.0. The zero-order valence-electron chi connectivity index (χ0n) is 27.5. The molecule has 2 unspecified atom stereocenters. The number of hydrogen-bond acceptors (Lipinski definition) is 6. The first-order valence-electron chi connectivity index (χ1n) is 16.0. The number of nitrogens with zero attached hydrogens (tertiary/aromatic N) is 1. The van der Waals surface area contributed by atoms with Crippen molar-refractivity contribution < 1.29 is 33.8 Å². The lowest BCUT2D eigenvalue weighted by Gasteiger charge is -2.38. The molecule has 4 rings (SSSR count). The molecule has 1 aliphatic heterocycles. The largest absolute Gasteiger partial charge is 0.480 e. The number of carbonyl (C=O) groups excluding carboxylic acids is 3. The van der Waals surface area contributed by atoms with Crippen molar-refractivity contribution >= 4 is 50.7 Å². The fourth-order valence-corrected chi connectivity index (χ4v) is 5.91. The van der Waals surface area contributed by atoms with Gasteiger partial charge in [-0.05, 0) is 62.4 Å². The monoisotopic (exact) mass is 712 g/mol. The van der Waals surface area contributed by atoms with Crippen LogP contribution >= 0.6 is 15.9 Å². The zero-order valence-corrected chi connectivity index (χ0v) is 29.1. The van der Waals surface area contributed by atoms with Crippen LogP contribution in [-0.2, 0) is 30.3 Å². The Bertz CT molecular complexity index is 1550. The number of carboxylic acids is 1. The van der Waals surface area contributed by atoms with Gasteiger partial charge in [-0.2, -0.15) is 0 Å². The first-order chi connectivity index (χ1) is 22.3. The number of ether oxygens (including phenoxy) is 2. The van der Waals surface area contributed by atoms with Crippen LogP contribution in [0, 0.1) is 5.92 Å². The van der Waals surface area contributed by atoms with Crippen LogP contribution in [0.5, 0.6) is 0 Å². The lowest BCUT2D eigenvalue weighted by molar-refractivity contribution is -0.143. The van der Waals surface area contributed by atoms with Crippen molar-refractivity contribution in [2.24, 2.45) is 5.92 Å². The Morgan fingerprint density at radius 2 is 1.79 bits per heavy atom. The third-order valence-electron chi connectivity index (χ3n) is 8.36. The van der Waals surface area contributed by atoms with E-state index in [-0.39, 0.29) is 18.8 Å². The lowest BCUT2D eigenvalue weighted by Crippen LogP contribution is -2.55. The van der Waals surface area contributed by atoms with E-state index in [0.717, 1.165) is 20.9 Å². The molecule has 2 heterocycles. The van der Waals surface area contributed by atoms with Crippen LogP contribution in [-0.4, -0.2) is 75.9 Å². The van der Waals surface area contributed by atoms with E-state index in [0.29, 0.717) is 31.6 Å². The molecule has 1 saturated heterocycles. The third kappa shape index (κ3) is 9.57. The molecule has 3 amide bonds. The van der Waals surface area contributed by atoms with Crippen LogP contribution < -0.4 is 10.6 Å². The molecule has 1 fully saturated rings. The van der Waals surface area contributed by atoms with Gasteiger partial charge in [-0.25, -0.2) is 9.59 Å². The van der Waals surface area contributed by atoms with E-state index < -0.39 is 53.7 Å². The predicted octanol–water partition coefficient (Wildman–Crippen LogP) is 5.73. The molecule has 3 aromatic rings. The summed E-state index contributed by atoms with van der Waals surface area (Å²) in [5, 5.41) is 16.4. The highest BCUT2D eigenvalue weighted by molar-refractivity contribution is 9.10. The van der Waals surface area contributed by atoms with Gasteiger partial charge in [0.15, 0.2) is 0 Å². The van der Waals surface area contributed by atoms with Gasteiger partial charge in [0.1, 0.15) is 23.9 Å². The number of H-pyrrole nitrogens is 1. The molecule has 0 bridgehead atoms. The highest BCUT2D eigenvalue weighted by atomic mass is 79.9. The van der Waals surface area contributed by atoms with Crippen LogP contribution in [0.25, 0.3) is 10.9 Å². The Kier molecular flexibility index (Phi) is 12.1. The number of para-hydroxylation sites is 1. The van der Waals surface area contributed by atoms with Gasteiger partial charge in [0.2, 0.25) is 11.8 Å². The average molecular weight is 714 g/mol. The van der Waals surface area contributed by atoms with Gasteiger partial charge in [0.25, 0.3) is 0 Å². The summed E-state index contributed by atoms with van der Waals surface area (Å²) >= 11 is 3.45. The van der Waals surface area contributed by atoms with Crippen molar-refractivity contribution in [2.45, 2.75) is 90.1 Å². The molecule has 47 heavy (non-hydrogen) atoms. The minimum Gasteiger partial charge on any atom is -0.480 e. The van der Waals surface area contributed by atoms with E-state index in [1.807, 2.05) is 55.5 Å². The summed E-state index contributed by atoms with van der Waals surface area (Å²) in [6.07, 6.45) is 1.90. The number of aromatic nitrogens is 1. The molecular weight excluding hydrogens is 668 g/mol. The van der Waals surface area contributed by atoms with E-state index in [1.54, 1.807) is 33.9 Å². The molecule has 0 radical (unpaired) electrons. The number of hydrogen-bond donors (Lipinski definition) is 4. The van der Waals surface area contributed by atoms with Gasteiger partial charge in [-0.3, -0.25) is 14.5 Å². The van der Waals surface area contributed by atoms with Crippen LogP contribution in [0.3, 0.4) is 0 Å². The second-order valence-corrected chi connectivity index (χ2v) is 13.9. The fraction of sp³-hybridized carbons (Fsp3) is 0.486. The highest BCUT2D eigenvalue weighted by Crippen LogP contribution is 2.29. The van der Waals surface area contributed by atoms with Crippen molar-refractivity contribution in [3.8, 4) is 0 Å².